The Kier molecular flexibility index (Phi) is 7.99. The number of hydrogen-bond acceptors (Lipinski definition) is 3. The third kappa shape index (κ3) is 5.28. The number of nitrogens with one attached hydrogen (secondary N) is 2. The lowest BCUT2D eigenvalue weighted by Gasteiger charge is -2.16. The van der Waals surface area contributed by atoms with Crippen LogP contribution in [0.25, 0.3) is 16.8 Å². The van der Waals surface area contributed by atoms with Crippen LogP contribution in [0.15, 0.2) is 70.4 Å². The number of hydrogen-bond donors (Lipinski definition) is 3. The number of nitrogens with zero attached hydrogens (tertiary/aromatic N) is 1. The number of aromatic amines is 1. The number of aliphatic imine (C=N–C) groups is 1. The molecule has 3 aromatic rings. The molecule has 39 heavy (non-hydrogen) atoms. The van der Waals surface area contributed by atoms with Crippen LogP contribution >= 0.6 is 0 Å². The summed E-state index contributed by atoms with van der Waals surface area (Å²) in [6.45, 7) is 9.06. The number of carbonyl (C=O) groups excluding carboxylic acids is 1. The Labute approximate surface area is 231 Å². The third-order valence-electron chi connectivity index (χ3n) is 8.22. The molecule has 3 N–H and O–H groups in total. The molecule has 5 nitrogen and oxygen atoms in total. The predicted octanol–water partition coefficient (Wildman–Crippen LogP) is 6.48. The number of allylic oxidation sites excluding steroid dienone is 2. The molecule has 0 saturated heterocycles. The molecule has 5 heteroatoms. The molecule has 2 aliphatic rings. The zero-order chi connectivity index (χ0) is 27.5. The second-order valence-corrected chi connectivity index (χ2v) is 10.6. The zero-order valence-electron chi connectivity index (χ0n) is 23.6. The van der Waals surface area contributed by atoms with Gasteiger partial charge in [0.05, 0.1) is 18.0 Å². The maximum Gasteiger partial charge on any atom is 0.220 e. The lowest BCUT2D eigenvalue weighted by Crippen LogP contribution is -2.26. The number of aromatic nitrogens is 1. The zero-order valence-corrected chi connectivity index (χ0v) is 23.6. The molecule has 0 fully saturated rings. The Hall–Kier alpha value is -3.70. The molecule has 0 bridgehead atoms. The van der Waals surface area contributed by atoms with Crippen LogP contribution in [0, 0.1) is 6.92 Å². The van der Waals surface area contributed by atoms with Gasteiger partial charge in [-0.05, 0) is 91.8 Å². The van der Waals surface area contributed by atoms with E-state index < -0.39 is 0 Å². The van der Waals surface area contributed by atoms with Gasteiger partial charge in [-0.2, -0.15) is 0 Å². The molecule has 0 radical (unpaired) electrons. The summed E-state index contributed by atoms with van der Waals surface area (Å²) in [5.41, 5.74) is 16.1. The van der Waals surface area contributed by atoms with Crippen molar-refractivity contribution in [3.8, 4) is 11.3 Å². The van der Waals surface area contributed by atoms with Gasteiger partial charge in [0.25, 0.3) is 0 Å². The number of aliphatic hydroxyl groups is 1. The number of rotatable bonds is 9. The van der Waals surface area contributed by atoms with Crippen molar-refractivity contribution in [2.75, 3.05) is 13.2 Å². The fourth-order valence-corrected chi connectivity index (χ4v) is 6.14. The van der Waals surface area contributed by atoms with E-state index in [0.29, 0.717) is 13.0 Å². The van der Waals surface area contributed by atoms with Crippen molar-refractivity contribution in [1.29, 1.82) is 0 Å². The minimum Gasteiger partial charge on any atom is -0.395 e. The van der Waals surface area contributed by atoms with E-state index in [4.69, 9.17) is 10.1 Å². The van der Waals surface area contributed by atoms with Crippen LogP contribution in [0.2, 0.25) is 0 Å². The van der Waals surface area contributed by atoms with Crippen molar-refractivity contribution >= 4 is 17.2 Å². The van der Waals surface area contributed by atoms with Crippen molar-refractivity contribution in [2.45, 2.75) is 66.2 Å². The van der Waals surface area contributed by atoms with E-state index in [1.54, 1.807) is 0 Å². The summed E-state index contributed by atoms with van der Waals surface area (Å²) in [6.07, 6.45) is 5.15. The SMILES string of the molecule is CCC1=C(C)/C(=C(\c2ccc(CCCC(=O)NCCO)cc2)c2[nH]c3c(c2C)CCc2ccccc2-3)N=C1C. The number of aryl methyl sites for hydroxylation is 2. The van der Waals surface area contributed by atoms with Crippen LogP contribution in [0.4, 0.5) is 0 Å². The second-order valence-electron chi connectivity index (χ2n) is 10.6. The van der Waals surface area contributed by atoms with Gasteiger partial charge in [0.15, 0.2) is 0 Å². The second kappa shape index (κ2) is 11.6. The van der Waals surface area contributed by atoms with Crippen molar-refractivity contribution in [2.24, 2.45) is 4.99 Å². The standard InChI is InChI=1S/C34H39N3O2/c1-5-27-21(2)32(36-23(27)4)31(26-15-13-24(14-16-26)9-8-12-30(39)35-19-20-38)33-22(3)28-18-17-25-10-6-7-11-29(25)34(28)37-33/h6-7,10-11,13-16,37-38H,5,8-9,12,17-20H2,1-4H3,(H,35,39)/b32-31-. The monoisotopic (exact) mass is 521 g/mol. The highest BCUT2D eigenvalue weighted by Crippen LogP contribution is 2.42. The molecule has 0 atom stereocenters. The summed E-state index contributed by atoms with van der Waals surface area (Å²) in [5, 5.41) is 11.6. The van der Waals surface area contributed by atoms with E-state index in [0.717, 1.165) is 60.3 Å². The number of fused-ring (bicyclic) bond motifs is 3. The lowest BCUT2D eigenvalue weighted by atomic mass is 9.87. The summed E-state index contributed by atoms with van der Waals surface area (Å²) >= 11 is 0. The molecular weight excluding hydrogens is 482 g/mol. The van der Waals surface area contributed by atoms with Crippen molar-refractivity contribution < 1.29 is 9.90 Å². The van der Waals surface area contributed by atoms with Gasteiger partial charge < -0.3 is 15.4 Å². The number of aliphatic hydroxyl groups excluding tert-OH is 1. The quantitative estimate of drug-likeness (QED) is 0.301. The first kappa shape index (κ1) is 26.9. The van der Waals surface area contributed by atoms with Gasteiger partial charge >= 0.3 is 0 Å². The summed E-state index contributed by atoms with van der Waals surface area (Å²) < 4.78 is 0. The first-order valence-corrected chi connectivity index (χ1v) is 14.2. The van der Waals surface area contributed by atoms with E-state index in [9.17, 15) is 4.79 Å². The summed E-state index contributed by atoms with van der Waals surface area (Å²) in [5.74, 6) is -0.0103. The van der Waals surface area contributed by atoms with Gasteiger partial charge in [0.1, 0.15) is 0 Å². The first-order chi connectivity index (χ1) is 18.9. The van der Waals surface area contributed by atoms with E-state index in [-0.39, 0.29) is 12.5 Å². The van der Waals surface area contributed by atoms with Gasteiger partial charge in [-0.1, -0.05) is 55.5 Å². The summed E-state index contributed by atoms with van der Waals surface area (Å²) in [4.78, 5) is 20.9. The molecule has 1 aliphatic carbocycles. The third-order valence-corrected chi connectivity index (χ3v) is 8.22. The Balaban J connectivity index is 1.53. The van der Waals surface area contributed by atoms with Gasteiger partial charge in [0.2, 0.25) is 5.91 Å². The molecule has 0 unspecified atom stereocenters. The molecule has 1 aliphatic heterocycles. The highest BCUT2D eigenvalue weighted by atomic mass is 16.3. The highest BCUT2D eigenvalue weighted by Gasteiger charge is 2.27. The van der Waals surface area contributed by atoms with E-state index in [1.165, 1.54) is 44.7 Å². The van der Waals surface area contributed by atoms with E-state index in [2.05, 4.69) is 86.5 Å². The van der Waals surface area contributed by atoms with Crippen LogP contribution in [-0.2, 0) is 24.1 Å². The average Bonchev–Trinajstić information content (AvgIpc) is 3.43. The molecule has 0 saturated carbocycles. The largest absolute Gasteiger partial charge is 0.395 e. The minimum absolute atomic E-state index is 0.0103. The molecule has 5 rings (SSSR count). The number of amides is 1. The maximum absolute atomic E-state index is 11.9. The number of H-pyrrole nitrogens is 1. The Morgan fingerprint density at radius 2 is 1.82 bits per heavy atom. The van der Waals surface area contributed by atoms with Crippen molar-refractivity contribution in [3.63, 3.8) is 0 Å². The van der Waals surface area contributed by atoms with Gasteiger partial charge in [-0.3, -0.25) is 9.79 Å². The molecule has 202 valence electrons. The lowest BCUT2D eigenvalue weighted by molar-refractivity contribution is -0.121. The fraction of sp³-hybridized carbons (Fsp3) is 0.353. The van der Waals surface area contributed by atoms with Crippen molar-refractivity contribution in [1.82, 2.24) is 10.3 Å². The number of carbonyl (C=O) groups is 1. The van der Waals surface area contributed by atoms with Crippen LogP contribution in [0.5, 0.6) is 0 Å². The first-order valence-electron chi connectivity index (χ1n) is 14.2. The molecule has 1 amide bonds. The van der Waals surface area contributed by atoms with Gasteiger partial charge in [-0.15, -0.1) is 0 Å². The average molecular weight is 522 g/mol. The fourth-order valence-electron chi connectivity index (χ4n) is 6.14. The van der Waals surface area contributed by atoms with E-state index in [1.807, 2.05) is 0 Å². The Bertz CT molecular complexity index is 1490. The molecular formula is C34H39N3O2. The normalized spacial score (nSPS) is 15.7. The Morgan fingerprint density at radius 3 is 2.54 bits per heavy atom. The topological polar surface area (TPSA) is 77.5 Å². The molecule has 2 heterocycles. The summed E-state index contributed by atoms with van der Waals surface area (Å²) in [7, 11) is 0. The van der Waals surface area contributed by atoms with Crippen LogP contribution < -0.4 is 5.32 Å². The molecule has 1 aromatic heterocycles. The minimum atomic E-state index is -0.0290. The van der Waals surface area contributed by atoms with Gasteiger partial charge in [-0.25, -0.2) is 0 Å². The molecule has 2 aromatic carbocycles. The Morgan fingerprint density at radius 1 is 1.05 bits per heavy atom. The van der Waals surface area contributed by atoms with Crippen LogP contribution in [0.1, 0.15) is 73.5 Å². The highest BCUT2D eigenvalue weighted by molar-refractivity contribution is 6.05. The van der Waals surface area contributed by atoms with Crippen LogP contribution in [0.3, 0.4) is 0 Å². The summed E-state index contributed by atoms with van der Waals surface area (Å²) in [6, 6.07) is 17.5. The van der Waals surface area contributed by atoms with Crippen LogP contribution in [-0.4, -0.2) is 34.9 Å². The van der Waals surface area contributed by atoms with Crippen molar-refractivity contribution in [3.05, 3.63) is 98.9 Å². The van der Waals surface area contributed by atoms with E-state index >= 15 is 0 Å². The smallest absolute Gasteiger partial charge is 0.220 e. The number of benzene rings is 2. The maximum atomic E-state index is 11.9. The van der Waals surface area contributed by atoms with Gasteiger partial charge in [0, 0.05) is 35.5 Å². The molecule has 0 spiro atoms. The predicted molar refractivity (Wildman–Crippen MR) is 160 cm³/mol.